The monoisotopic (exact) mass is 350 g/mol. The number of ether oxygens (including phenoxy) is 1. The summed E-state index contributed by atoms with van der Waals surface area (Å²) >= 11 is 1.51. The van der Waals surface area contributed by atoms with Crippen LogP contribution in [0.15, 0.2) is 11.2 Å². The van der Waals surface area contributed by atoms with Gasteiger partial charge >= 0.3 is 5.97 Å². The number of aryl methyl sites for hydroxylation is 2. The number of thiazole rings is 1. The SMILES string of the molecule is CCCCn1cc(C)sc1=NC(=O)[C@]12CC[C@](C)(C(=O)O1)C2(C)C. The molecular formula is C18H26N2O3S. The molecule has 1 aliphatic heterocycles. The number of nitrogens with zero attached hydrogens (tertiary/aromatic N) is 2. The van der Waals surface area contributed by atoms with Gasteiger partial charge in [0.1, 0.15) is 0 Å². The molecule has 1 aliphatic carbocycles. The molecule has 132 valence electrons. The molecule has 0 spiro atoms. The summed E-state index contributed by atoms with van der Waals surface area (Å²) in [4.78, 5) is 31.6. The largest absolute Gasteiger partial charge is 0.448 e. The molecule has 6 heteroatoms. The number of carbonyl (C=O) groups excluding carboxylic acids is 2. The van der Waals surface area contributed by atoms with Crippen LogP contribution in [0.5, 0.6) is 0 Å². The Hall–Kier alpha value is -1.43. The van der Waals surface area contributed by atoms with Gasteiger partial charge in [-0.3, -0.25) is 9.59 Å². The Morgan fingerprint density at radius 2 is 2.08 bits per heavy atom. The van der Waals surface area contributed by atoms with Crippen molar-refractivity contribution >= 4 is 23.2 Å². The maximum absolute atomic E-state index is 13.1. The quantitative estimate of drug-likeness (QED) is 0.784. The fourth-order valence-corrected chi connectivity index (χ4v) is 4.84. The highest BCUT2D eigenvalue weighted by Crippen LogP contribution is 2.65. The molecule has 1 saturated carbocycles. The van der Waals surface area contributed by atoms with E-state index in [9.17, 15) is 9.59 Å². The van der Waals surface area contributed by atoms with E-state index in [-0.39, 0.29) is 11.9 Å². The van der Waals surface area contributed by atoms with Crippen LogP contribution < -0.4 is 4.80 Å². The van der Waals surface area contributed by atoms with Crippen LogP contribution in [-0.4, -0.2) is 22.0 Å². The summed E-state index contributed by atoms with van der Waals surface area (Å²) in [5, 5.41) is 0. The molecule has 0 aromatic carbocycles. The molecular weight excluding hydrogens is 324 g/mol. The second-order valence-electron chi connectivity index (χ2n) is 7.76. The molecule has 24 heavy (non-hydrogen) atoms. The number of amides is 1. The maximum atomic E-state index is 13.1. The summed E-state index contributed by atoms with van der Waals surface area (Å²) in [6, 6.07) is 0. The first-order valence-electron chi connectivity index (χ1n) is 8.67. The first-order valence-corrected chi connectivity index (χ1v) is 9.49. The predicted octanol–water partition coefficient (Wildman–Crippen LogP) is 3.21. The Kier molecular flexibility index (Phi) is 4.02. The van der Waals surface area contributed by atoms with E-state index in [4.69, 9.17) is 4.74 Å². The van der Waals surface area contributed by atoms with Crippen molar-refractivity contribution in [2.24, 2.45) is 15.8 Å². The van der Waals surface area contributed by atoms with Crippen LogP contribution >= 0.6 is 11.3 Å². The van der Waals surface area contributed by atoms with Crippen LogP contribution in [-0.2, 0) is 20.9 Å². The zero-order chi connectivity index (χ0) is 17.8. The molecule has 1 aromatic heterocycles. The molecule has 0 N–H and O–H groups in total. The van der Waals surface area contributed by atoms with E-state index in [2.05, 4.69) is 11.9 Å². The van der Waals surface area contributed by atoms with Crippen molar-refractivity contribution in [2.75, 3.05) is 0 Å². The van der Waals surface area contributed by atoms with Gasteiger partial charge in [0.15, 0.2) is 10.4 Å². The summed E-state index contributed by atoms with van der Waals surface area (Å²) in [5.74, 6) is -0.572. The van der Waals surface area contributed by atoms with Gasteiger partial charge in [0.25, 0.3) is 5.91 Å². The van der Waals surface area contributed by atoms with Crippen molar-refractivity contribution in [3.05, 3.63) is 15.9 Å². The third-order valence-corrected chi connectivity index (χ3v) is 7.15. The van der Waals surface area contributed by atoms with Crippen molar-refractivity contribution in [3.63, 3.8) is 0 Å². The summed E-state index contributed by atoms with van der Waals surface area (Å²) in [5.41, 5.74) is -2.25. The topological polar surface area (TPSA) is 60.7 Å². The highest BCUT2D eigenvalue weighted by atomic mass is 32.1. The lowest BCUT2D eigenvalue weighted by Gasteiger charge is -2.33. The van der Waals surface area contributed by atoms with Gasteiger partial charge in [0.2, 0.25) is 0 Å². The molecule has 0 unspecified atom stereocenters. The minimum atomic E-state index is -1.11. The number of rotatable bonds is 4. The highest BCUT2D eigenvalue weighted by Gasteiger charge is 2.75. The second kappa shape index (κ2) is 5.55. The third kappa shape index (κ3) is 2.15. The first kappa shape index (κ1) is 17.4. The Labute approximate surface area is 146 Å². The molecule has 2 heterocycles. The molecule has 2 fully saturated rings. The van der Waals surface area contributed by atoms with Crippen molar-refractivity contribution in [3.8, 4) is 0 Å². The van der Waals surface area contributed by atoms with Gasteiger partial charge in [-0.2, -0.15) is 4.99 Å². The van der Waals surface area contributed by atoms with Crippen LogP contribution in [0.3, 0.4) is 0 Å². The Bertz CT molecular complexity index is 761. The number of unbranched alkanes of at least 4 members (excludes halogenated alkanes) is 1. The smallest absolute Gasteiger partial charge is 0.313 e. The average molecular weight is 350 g/mol. The Morgan fingerprint density at radius 3 is 2.62 bits per heavy atom. The minimum Gasteiger partial charge on any atom is -0.448 e. The van der Waals surface area contributed by atoms with Crippen LogP contribution in [0.25, 0.3) is 0 Å². The van der Waals surface area contributed by atoms with E-state index < -0.39 is 16.4 Å². The maximum Gasteiger partial charge on any atom is 0.313 e. The van der Waals surface area contributed by atoms with Crippen molar-refractivity contribution in [1.82, 2.24) is 4.57 Å². The van der Waals surface area contributed by atoms with Crippen LogP contribution in [0.2, 0.25) is 0 Å². The highest BCUT2D eigenvalue weighted by molar-refractivity contribution is 7.09. The minimum absolute atomic E-state index is 0.261. The number of hydrogen-bond acceptors (Lipinski definition) is 4. The molecule has 3 rings (SSSR count). The summed E-state index contributed by atoms with van der Waals surface area (Å²) < 4.78 is 7.68. The number of hydrogen-bond donors (Lipinski definition) is 0. The van der Waals surface area contributed by atoms with Crippen LogP contribution in [0.4, 0.5) is 0 Å². The lowest BCUT2D eigenvalue weighted by molar-refractivity contribution is -0.166. The molecule has 1 amide bonds. The third-order valence-electron chi connectivity index (χ3n) is 6.21. The standard InChI is InChI=1S/C18H26N2O3S/c1-6-7-10-20-11-12(2)24-15(20)19-13(21)18-9-8-17(5,14(22)23-18)16(18,3)4/h11H,6-10H2,1-5H3/t17-,18+/m1/s1. The first-order chi connectivity index (χ1) is 11.2. The number of aromatic nitrogens is 1. The molecule has 5 nitrogen and oxygen atoms in total. The van der Waals surface area contributed by atoms with E-state index in [1.165, 1.54) is 11.3 Å². The van der Waals surface area contributed by atoms with Crippen molar-refractivity contribution in [1.29, 1.82) is 0 Å². The number of esters is 1. The van der Waals surface area contributed by atoms with E-state index in [1.807, 2.05) is 38.5 Å². The zero-order valence-electron chi connectivity index (χ0n) is 15.1. The zero-order valence-corrected chi connectivity index (χ0v) is 16.0. The van der Waals surface area contributed by atoms with Gasteiger partial charge < -0.3 is 9.30 Å². The molecule has 1 saturated heterocycles. The van der Waals surface area contributed by atoms with Crippen LogP contribution in [0.1, 0.15) is 58.3 Å². The molecule has 1 aromatic rings. The number of carbonyl (C=O) groups is 2. The molecule has 2 atom stereocenters. The molecule has 2 bridgehead atoms. The van der Waals surface area contributed by atoms with E-state index >= 15 is 0 Å². The number of fused-ring (bicyclic) bond motifs is 2. The average Bonchev–Trinajstić information content (AvgIpc) is 3.01. The van der Waals surface area contributed by atoms with Gasteiger partial charge in [-0.25, -0.2) is 0 Å². The Morgan fingerprint density at radius 1 is 1.38 bits per heavy atom. The van der Waals surface area contributed by atoms with Gasteiger partial charge in [-0.05, 0) is 33.1 Å². The molecule has 2 aliphatic rings. The van der Waals surface area contributed by atoms with Gasteiger partial charge in [0, 0.05) is 23.0 Å². The lowest BCUT2D eigenvalue weighted by Crippen LogP contribution is -2.47. The fraction of sp³-hybridized carbons (Fsp3) is 0.722. The van der Waals surface area contributed by atoms with E-state index in [1.54, 1.807) is 0 Å². The summed E-state index contributed by atoms with van der Waals surface area (Å²) in [7, 11) is 0. The lowest BCUT2D eigenvalue weighted by atomic mass is 9.66. The van der Waals surface area contributed by atoms with Gasteiger partial charge in [0.05, 0.1) is 5.41 Å². The second-order valence-corrected chi connectivity index (χ2v) is 8.98. The summed E-state index contributed by atoms with van der Waals surface area (Å²) in [6.07, 6.45) is 5.40. The van der Waals surface area contributed by atoms with E-state index in [0.717, 1.165) is 24.3 Å². The van der Waals surface area contributed by atoms with Gasteiger partial charge in [-0.15, -0.1) is 11.3 Å². The summed E-state index contributed by atoms with van der Waals surface area (Å²) in [6.45, 7) is 10.8. The Balaban J connectivity index is 2.01. The molecule has 0 radical (unpaired) electrons. The predicted molar refractivity (Wildman–Crippen MR) is 92.5 cm³/mol. The van der Waals surface area contributed by atoms with Crippen molar-refractivity contribution < 1.29 is 14.3 Å². The van der Waals surface area contributed by atoms with Crippen LogP contribution in [0, 0.1) is 17.8 Å². The fourth-order valence-electron chi connectivity index (χ4n) is 3.98. The van der Waals surface area contributed by atoms with Gasteiger partial charge in [-0.1, -0.05) is 27.2 Å². The van der Waals surface area contributed by atoms with E-state index in [0.29, 0.717) is 17.6 Å². The van der Waals surface area contributed by atoms with Crippen molar-refractivity contribution in [2.45, 2.75) is 72.4 Å². The normalized spacial score (nSPS) is 31.5.